The van der Waals surface area contributed by atoms with Gasteiger partial charge in [-0.3, -0.25) is 14.6 Å². The number of nitrogens with one attached hydrogen (secondary N) is 3. The van der Waals surface area contributed by atoms with E-state index in [4.69, 9.17) is 0 Å². The molecule has 1 aromatic heterocycles. The number of aromatic amines is 2. The highest BCUT2D eigenvalue weighted by Crippen LogP contribution is 2.29. The fourth-order valence-corrected chi connectivity index (χ4v) is 2.94. The number of nitrogens with zero attached hydrogens (tertiary/aromatic N) is 2. The Morgan fingerprint density at radius 2 is 2.16 bits per heavy atom. The van der Waals surface area contributed by atoms with Gasteiger partial charge in [-0.25, -0.2) is 9.89 Å². The van der Waals surface area contributed by atoms with Crippen LogP contribution in [-0.2, 0) is 4.79 Å². The van der Waals surface area contributed by atoms with Crippen LogP contribution in [0.3, 0.4) is 0 Å². The summed E-state index contributed by atoms with van der Waals surface area (Å²) in [6, 6.07) is 0. The minimum atomic E-state index is -3.33. The van der Waals surface area contributed by atoms with E-state index >= 15 is 0 Å². The van der Waals surface area contributed by atoms with Crippen molar-refractivity contribution in [2.24, 2.45) is 11.8 Å². The first-order chi connectivity index (χ1) is 11.7. The summed E-state index contributed by atoms with van der Waals surface area (Å²) in [5, 5.41) is 8.20. The number of H-pyrrole nitrogens is 2. The minimum absolute atomic E-state index is 0.0531. The zero-order chi connectivity index (χ0) is 18.6. The van der Waals surface area contributed by atoms with Crippen molar-refractivity contribution in [1.82, 2.24) is 25.4 Å². The second-order valence-corrected chi connectivity index (χ2v) is 6.78. The Labute approximate surface area is 143 Å². The Bertz CT molecular complexity index is 670. The summed E-state index contributed by atoms with van der Waals surface area (Å²) in [5.41, 5.74) is -0.572. The number of hydrogen-bond donors (Lipinski definition) is 3. The predicted molar refractivity (Wildman–Crippen MR) is 85.2 cm³/mol. The number of alkyl halides is 2. The molecule has 1 aromatic rings. The first-order valence-electron chi connectivity index (χ1n) is 8.29. The molecule has 1 aliphatic heterocycles. The zero-order valence-electron chi connectivity index (χ0n) is 14.3. The van der Waals surface area contributed by atoms with Crippen LogP contribution in [0.25, 0.3) is 0 Å². The van der Waals surface area contributed by atoms with Crippen LogP contribution in [0, 0.1) is 11.8 Å². The highest BCUT2D eigenvalue weighted by molar-refractivity contribution is 5.90. The Morgan fingerprint density at radius 1 is 1.44 bits per heavy atom. The minimum Gasteiger partial charge on any atom is -0.349 e. The maximum absolute atomic E-state index is 13.9. The lowest BCUT2D eigenvalue weighted by molar-refractivity contribution is -0.158. The first-order valence-corrected chi connectivity index (χ1v) is 8.29. The average Bonchev–Trinajstić information content (AvgIpc) is 3.14. The van der Waals surface area contributed by atoms with E-state index in [0.29, 0.717) is 25.9 Å². The maximum atomic E-state index is 13.9. The summed E-state index contributed by atoms with van der Waals surface area (Å²) in [4.78, 5) is 38.0. The normalized spacial score (nSPS) is 18.0. The molecule has 8 nitrogen and oxygen atoms in total. The third-order valence-electron chi connectivity index (χ3n) is 4.10. The number of amides is 2. The molecule has 25 heavy (non-hydrogen) atoms. The van der Waals surface area contributed by atoms with Gasteiger partial charge in [-0.1, -0.05) is 13.8 Å². The molecule has 0 aliphatic carbocycles. The Hall–Kier alpha value is -2.26. The molecule has 2 heterocycles. The lowest BCUT2D eigenvalue weighted by atomic mass is 10.0. The SMILES string of the molecule is CC(C)CC(F)(F)C(=O)N1CCC(CCNC(=O)c2n[nH]c(=O)[nH]2)C1. The lowest BCUT2D eigenvalue weighted by Gasteiger charge is -2.24. The summed E-state index contributed by atoms with van der Waals surface area (Å²) in [6.07, 6.45) is 0.726. The van der Waals surface area contributed by atoms with Crippen LogP contribution < -0.4 is 11.0 Å². The molecule has 0 saturated carbocycles. The molecule has 0 bridgehead atoms. The van der Waals surface area contributed by atoms with Crippen molar-refractivity contribution in [3.8, 4) is 0 Å². The molecular formula is C15H23F2N5O3. The Morgan fingerprint density at radius 3 is 2.76 bits per heavy atom. The molecule has 140 valence electrons. The zero-order valence-corrected chi connectivity index (χ0v) is 14.3. The van der Waals surface area contributed by atoms with E-state index in [2.05, 4.69) is 20.5 Å². The lowest BCUT2D eigenvalue weighted by Crippen LogP contribution is -2.43. The first kappa shape index (κ1) is 19.1. The predicted octanol–water partition coefficient (Wildman–Crippen LogP) is 0.748. The Balaban J connectivity index is 1.76. The van der Waals surface area contributed by atoms with Gasteiger partial charge in [-0.2, -0.15) is 8.78 Å². The van der Waals surface area contributed by atoms with Gasteiger partial charge in [0, 0.05) is 26.1 Å². The fourth-order valence-electron chi connectivity index (χ4n) is 2.94. The van der Waals surface area contributed by atoms with Crippen molar-refractivity contribution in [2.45, 2.75) is 39.0 Å². The molecular weight excluding hydrogens is 336 g/mol. The van der Waals surface area contributed by atoms with Crippen molar-refractivity contribution in [3.05, 3.63) is 16.3 Å². The van der Waals surface area contributed by atoms with Gasteiger partial charge >= 0.3 is 11.6 Å². The van der Waals surface area contributed by atoms with E-state index in [-0.39, 0.29) is 24.2 Å². The highest BCUT2D eigenvalue weighted by atomic mass is 19.3. The maximum Gasteiger partial charge on any atom is 0.341 e. The second-order valence-electron chi connectivity index (χ2n) is 6.78. The molecule has 2 rings (SSSR count). The molecule has 0 radical (unpaired) electrons. The van der Waals surface area contributed by atoms with Crippen molar-refractivity contribution in [1.29, 1.82) is 0 Å². The van der Waals surface area contributed by atoms with Gasteiger partial charge in [0.1, 0.15) is 0 Å². The topological polar surface area (TPSA) is 111 Å². The number of halogens is 2. The monoisotopic (exact) mass is 359 g/mol. The summed E-state index contributed by atoms with van der Waals surface area (Å²) in [5.74, 6) is -5.28. The largest absolute Gasteiger partial charge is 0.349 e. The number of carbonyl (C=O) groups excluding carboxylic acids is 2. The molecule has 10 heteroatoms. The van der Waals surface area contributed by atoms with Crippen LogP contribution in [0.15, 0.2) is 4.79 Å². The Kier molecular flexibility index (Phi) is 5.91. The number of rotatable bonds is 7. The highest BCUT2D eigenvalue weighted by Gasteiger charge is 2.44. The van der Waals surface area contributed by atoms with Gasteiger partial charge in [-0.15, -0.1) is 5.10 Å². The smallest absolute Gasteiger partial charge is 0.341 e. The van der Waals surface area contributed by atoms with Gasteiger partial charge in [0.25, 0.3) is 11.8 Å². The third kappa shape index (κ3) is 5.10. The summed E-state index contributed by atoms with van der Waals surface area (Å²) >= 11 is 0. The van der Waals surface area contributed by atoms with Crippen LogP contribution >= 0.6 is 0 Å². The molecule has 0 spiro atoms. The molecule has 0 aromatic carbocycles. The number of aromatic nitrogens is 3. The van der Waals surface area contributed by atoms with Crippen LogP contribution in [0.4, 0.5) is 8.78 Å². The summed E-state index contributed by atoms with van der Waals surface area (Å²) < 4.78 is 27.8. The fraction of sp³-hybridized carbons (Fsp3) is 0.733. The number of hydrogen-bond acceptors (Lipinski definition) is 4. The van der Waals surface area contributed by atoms with Crippen molar-refractivity contribution in [3.63, 3.8) is 0 Å². The second kappa shape index (κ2) is 7.75. The number of likely N-dealkylation sites (tertiary alicyclic amines) is 1. The van der Waals surface area contributed by atoms with E-state index in [1.807, 2.05) is 0 Å². The molecule has 2 amide bonds. The van der Waals surface area contributed by atoms with E-state index in [1.165, 1.54) is 4.90 Å². The van der Waals surface area contributed by atoms with Gasteiger partial charge in [0.05, 0.1) is 0 Å². The quantitative estimate of drug-likeness (QED) is 0.667. The van der Waals surface area contributed by atoms with E-state index in [1.54, 1.807) is 13.8 Å². The molecule has 1 saturated heterocycles. The number of carbonyl (C=O) groups is 2. The van der Waals surface area contributed by atoms with E-state index in [9.17, 15) is 23.2 Å². The van der Waals surface area contributed by atoms with Crippen LogP contribution in [0.2, 0.25) is 0 Å². The van der Waals surface area contributed by atoms with Crippen molar-refractivity contribution < 1.29 is 18.4 Å². The average molecular weight is 359 g/mol. The van der Waals surface area contributed by atoms with E-state index < -0.39 is 29.8 Å². The van der Waals surface area contributed by atoms with Gasteiger partial charge < -0.3 is 10.2 Å². The van der Waals surface area contributed by atoms with Gasteiger partial charge in [0.2, 0.25) is 5.82 Å². The van der Waals surface area contributed by atoms with Crippen molar-refractivity contribution >= 4 is 11.8 Å². The molecule has 1 unspecified atom stereocenters. The molecule has 1 fully saturated rings. The van der Waals surface area contributed by atoms with Crippen molar-refractivity contribution in [2.75, 3.05) is 19.6 Å². The van der Waals surface area contributed by atoms with Gasteiger partial charge in [-0.05, 0) is 24.7 Å². The van der Waals surface area contributed by atoms with Gasteiger partial charge in [0.15, 0.2) is 0 Å². The standard InChI is InChI=1S/C15H23F2N5O3/c1-9(2)7-15(16,17)13(24)22-6-4-10(8-22)3-5-18-12(23)11-19-14(25)21-20-11/h9-10H,3-8H2,1-2H3,(H,18,23)(H2,19,20,21,25). The molecule has 1 aliphatic rings. The molecule has 3 N–H and O–H groups in total. The van der Waals surface area contributed by atoms with Crippen LogP contribution in [0.5, 0.6) is 0 Å². The summed E-state index contributed by atoms with van der Waals surface area (Å²) in [7, 11) is 0. The van der Waals surface area contributed by atoms with Crippen LogP contribution in [-0.4, -0.2) is 57.5 Å². The van der Waals surface area contributed by atoms with E-state index in [0.717, 1.165) is 0 Å². The molecule has 1 atom stereocenters. The third-order valence-corrected chi connectivity index (χ3v) is 4.10. The summed E-state index contributed by atoms with van der Waals surface area (Å²) in [6.45, 7) is 4.19. The van der Waals surface area contributed by atoms with Crippen LogP contribution in [0.1, 0.15) is 43.7 Å².